The summed E-state index contributed by atoms with van der Waals surface area (Å²) in [5, 5.41) is 7.35. The van der Waals surface area contributed by atoms with E-state index >= 15 is 0 Å². The fourth-order valence-corrected chi connectivity index (χ4v) is 15.5. The lowest BCUT2D eigenvalue weighted by Gasteiger charge is -2.19. The van der Waals surface area contributed by atoms with Crippen molar-refractivity contribution >= 4 is 88.3 Å². The largest absolute Gasteiger partial charge is 0.437 e. The van der Waals surface area contributed by atoms with Gasteiger partial charge >= 0.3 is 0 Å². The number of nitrogens with zero attached hydrogens (tertiary/aromatic N) is 8. The van der Waals surface area contributed by atoms with Gasteiger partial charge in [0, 0.05) is 143 Å². The minimum atomic E-state index is -3.02. The number of hydrogen-bond donors (Lipinski definition) is 0. The Kier molecular flexibility index (Phi) is 17.0. The highest BCUT2D eigenvalue weighted by Gasteiger charge is 2.30. The van der Waals surface area contributed by atoms with Crippen molar-refractivity contribution < 1.29 is 66.1 Å². The Morgan fingerprint density at radius 2 is 0.690 bits per heavy atom. The summed E-state index contributed by atoms with van der Waals surface area (Å²) in [6.07, 6.45) is 3.49. The maximum absolute atomic E-state index is 9.05. The Morgan fingerprint density at radius 3 is 1.01 bits per heavy atom. The lowest BCUT2D eigenvalue weighted by atomic mass is 9.86. The van der Waals surface area contributed by atoms with E-state index in [0.29, 0.717) is 56.4 Å². The second-order valence-electron chi connectivity index (χ2n) is 33.3. The number of aryl methyl sites for hydroxylation is 14. The van der Waals surface area contributed by atoms with Crippen molar-refractivity contribution in [1.29, 1.82) is 0 Å². The number of benzene rings is 4. The molecule has 3 atom stereocenters. The van der Waals surface area contributed by atoms with Gasteiger partial charge in [-0.05, 0) is 221 Å². The van der Waals surface area contributed by atoms with E-state index in [0.717, 1.165) is 149 Å². The minimum absolute atomic E-state index is 0.0732. The van der Waals surface area contributed by atoms with Crippen LogP contribution in [-0.2, 0) is 60.2 Å². The van der Waals surface area contributed by atoms with Gasteiger partial charge in [-0.1, -0.05) is 159 Å². The van der Waals surface area contributed by atoms with Crippen LogP contribution in [0.1, 0.15) is 248 Å². The Balaban J connectivity index is 0.000000156. The molecule has 600 valence electrons. The Morgan fingerprint density at radius 1 is 0.379 bits per heavy atom. The van der Waals surface area contributed by atoms with Crippen molar-refractivity contribution in [3.63, 3.8) is 0 Å². The minimum Gasteiger partial charge on any atom is -0.437 e. The third-order valence-corrected chi connectivity index (χ3v) is 22.0. The molecule has 116 heavy (non-hydrogen) atoms. The highest BCUT2D eigenvalue weighted by atomic mass is 16.4. The number of fused-ring (bicyclic) bond motifs is 12. The van der Waals surface area contributed by atoms with Crippen molar-refractivity contribution in [1.82, 2.24) is 19.9 Å². The number of aromatic nitrogens is 8. The third-order valence-electron chi connectivity index (χ3n) is 22.0. The van der Waals surface area contributed by atoms with Gasteiger partial charge in [-0.3, -0.25) is 0 Å². The molecule has 0 bridgehead atoms. The molecule has 0 radical (unpaired) electrons. The van der Waals surface area contributed by atoms with Crippen LogP contribution in [0.15, 0.2) is 164 Å². The van der Waals surface area contributed by atoms with E-state index in [4.69, 9.17) is 57.8 Å². The summed E-state index contributed by atoms with van der Waals surface area (Å²) < 4.78 is 213. The monoisotopic (exact) mass is 1570 g/mol. The summed E-state index contributed by atoms with van der Waals surface area (Å²) in [6, 6.07) is 39.1. The van der Waals surface area contributed by atoms with E-state index in [-0.39, 0.29) is 51.0 Å². The summed E-state index contributed by atoms with van der Waals surface area (Å²) in [6.45, 7) is 23.2. The molecule has 0 aliphatic carbocycles. The molecule has 0 fully saturated rings. The number of pyridine rings is 8. The van der Waals surface area contributed by atoms with E-state index in [2.05, 4.69) is 132 Å². The predicted octanol–water partition coefficient (Wildman–Crippen LogP) is 25.5. The second-order valence-corrected chi connectivity index (χ2v) is 33.3. The molecule has 12 heterocycles. The SMILES string of the molecule is CCc1ccc2c(n1)oc1c(-c3cc(CC(C)(C)C)c(C)c[n+]3C)c(C)ccc12.[2H]C([2H])([2H])c1c[n+](C)c(-c2c(C)ccc3c2oc2nc(C(C)C)ccc23)cc1C([2H])(C)C(C)C.[2H]C([2H])([2H])c1c[n+](C)c(-c2c(C)ccc3c2oc2nc(C(C)C)ccc23)cc1C([2H])([2H])C([2H])(C)C([2H])([2H])[2H].[2H]C([2H])([2H])c1c[n+](C)c(-c2c(C)ccc3c2oc2nc(CC)ccc23)cc1C([2H])([2H])C([2H])(C)C([2H])([2H])[2H]. The normalized spacial score (nSPS) is 17.2. The molecule has 16 rings (SSSR count). The summed E-state index contributed by atoms with van der Waals surface area (Å²) >= 11 is 0. The molecular formula is C104H124N8O4+4. The maximum atomic E-state index is 9.05. The van der Waals surface area contributed by atoms with Crippen LogP contribution >= 0.6 is 0 Å². The van der Waals surface area contributed by atoms with Gasteiger partial charge in [0.1, 0.15) is 28.2 Å². The number of hydrogen-bond acceptors (Lipinski definition) is 8. The molecule has 12 aromatic heterocycles. The molecule has 0 aliphatic heterocycles. The summed E-state index contributed by atoms with van der Waals surface area (Å²) in [7, 11) is 7.25. The molecule has 16 aromatic rings. The molecular weight excluding hydrogens is 1430 g/mol. The zero-order valence-electron chi connectivity index (χ0n) is 93.4. The van der Waals surface area contributed by atoms with Gasteiger partial charge < -0.3 is 17.7 Å². The predicted molar refractivity (Wildman–Crippen MR) is 481 cm³/mol. The van der Waals surface area contributed by atoms with Crippen LogP contribution in [0.2, 0.25) is 0 Å². The Labute approximate surface area is 719 Å². The van der Waals surface area contributed by atoms with Crippen molar-refractivity contribution in [3.8, 4) is 45.0 Å². The fourth-order valence-electron chi connectivity index (χ4n) is 15.5. The molecule has 0 saturated carbocycles. The second kappa shape index (κ2) is 33.5. The summed E-state index contributed by atoms with van der Waals surface area (Å²) in [4.78, 5) is 18.7. The molecule has 12 nitrogen and oxygen atoms in total. The third kappa shape index (κ3) is 16.7. The van der Waals surface area contributed by atoms with E-state index in [1.54, 1.807) is 36.4 Å². The molecule has 0 saturated heterocycles. The van der Waals surface area contributed by atoms with Crippen molar-refractivity contribution in [2.24, 2.45) is 51.3 Å². The topological polar surface area (TPSA) is 120 Å². The molecule has 4 aromatic carbocycles. The van der Waals surface area contributed by atoms with Crippen LogP contribution in [0.5, 0.6) is 0 Å². The van der Waals surface area contributed by atoms with Crippen LogP contribution in [0, 0.1) is 78.3 Å². The van der Waals surface area contributed by atoms with Gasteiger partial charge in [-0.25, -0.2) is 38.2 Å². The number of rotatable bonds is 15. The van der Waals surface area contributed by atoms with Crippen molar-refractivity contribution in [3.05, 3.63) is 236 Å². The highest BCUT2D eigenvalue weighted by Crippen LogP contribution is 2.43. The Hall–Kier alpha value is -10.7. The fraction of sp³-hybridized carbons (Fsp3) is 0.385. The molecule has 0 N–H and O–H groups in total. The van der Waals surface area contributed by atoms with Gasteiger partial charge in [0.2, 0.25) is 45.6 Å². The Bertz CT molecular complexity index is 7440. The first-order valence-electron chi connectivity index (χ1n) is 51.0. The van der Waals surface area contributed by atoms with E-state index < -0.39 is 64.7 Å². The van der Waals surface area contributed by atoms with E-state index in [9.17, 15) is 0 Å². The van der Waals surface area contributed by atoms with Crippen molar-refractivity contribution in [2.45, 2.75) is 216 Å². The maximum Gasteiger partial charge on any atom is 0.227 e. The first kappa shape index (κ1) is 59.0. The molecule has 3 unspecified atom stereocenters. The van der Waals surface area contributed by atoms with Crippen LogP contribution in [0.3, 0.4) is 0 Å². The van der Waals surface area contributed by atoms with Crippen LogP contribution in [0.25, 0.3) is 133 Å². The van der Waals surface area contributed by atoms with Crippen molar-refractivity contribution in [2.75, 3.05) is 0 Å². The standard InChI is InChI=1S/C27H33N2O.2C26H31N2O.C25H29N2O/c1-15(2)19(7)22-13-24(29(8)14-18(22)6)25-17(5)9-10-20-21-11-12-23(16(3)4)28-27(21)30-26(20)25;1-15(2)12-19-13-23(28(7)14-18(19)6)24-17(5)8-9-20-21-10-11-22(16(3)4)27-26(21)29-25(20)24;1-8-19-10-12-21-20-11-9-16(2)23(24(20)29-25(21)27-19)22-13-18(14-26(4,5)6)17(3)15-28(22)7;1-7-19-9-11-21-20-10-8-16(4)23(24(20)28-25(21)26-19)22-13-18(12-15(2)3)17(5)14-27(22)6/h9-16,19H,1-8H3;8-11,13-16H,12H2,1-7H3;9-13,15H,8,14H2,1-7H3;8-11,13-15H,7,12H2,1-6H3/q4*+1/i6D3,19D;1D3,6D3,12D2,15D;;2D3,5D3,12D2,15D. The van der Waals surface area contributed by atoms with Gasteiger partial charge in [0.05, 0.1) is 22.3 Å². The zero-order valence-corrected chi connectivity index (χ0v) is 71.4. The molecule has 0 spiro atoms. The first-order valence-corrected chi connectivity index (χ1v) is 40.0. The average molecular weight is 1570 g/mol. The smallest absolute Gasteiger partial charge is 0.227 e. The first-order chi connectivity index (χ1) is 63.6. The quantitative estimate of drug-likeness (QED) is 0.0931. The molecule has 0 aliphatic rings. The highest BCUT2D eigenvalue weighted by molar-refractivity contribution is 6.12. The lowest BCUT2D eigenvalue weighted by Crippen LogP contribution is -2.32. The molecule has 12 heteroatoms. The van der Waals surface area contributed by atoms with E-state index in [1.807, 2.05) is 128 Å². The summed E-state index contributed by atoms with van der Waals surface area (Å²) in [5.74, 6) is -5.92. The van der Waals surface area contributed by atoms with Crippen LogP contribution < -0.4 is 18.3 Å². The van der Waals surface area contributed by atoms with Gasteiger partial charge in [0.25, 0.3) is 0 Å². The zero-order chi connectivity index (χ0) is 102. The van der Waals surface area contributed by atoms with Crippen LogP contribution in [-0.4, -0.2) is 19.9 Å². The van der Waals surface area contributed by atoms with E-state index in [1.165, 1.54) is 46.9 Å². The molecule has 0 amide bonds. The lowest BCUT2D eigenvalue weighted by molar-refractivity contribution is -0.660. The van der Waals surface area contributed by atoms with Gasteiger partial charge in [-0.15, -0.1) is 0 Å². The van der Waals surface area contributed by atoms with Gasteiger partial charge in [-0.2, -0.15) is 0 Å². The van der Waals surface area contributed by atoms with Crippen LogP contribution in [0.4, 0.5) is 0 Å². The van der Waals surface area contributed by atoms with Gasteiger partial charge in [0.15, 0.2) is 47.1 Å². The number of furan rings is 4. The summed E-state index contributed by atoms with van der Waals surface area (Å²) in [5.41, 5.74) is 20.8. The average Bonchev–Trinajstić information content (AvgIpc) is 1.08.